The van der Waals surface area contributed by atoms with E-state index in [1.807, 2.05) is 22.6 Å². The summed E-state index contributed by atoms with van der Waals surface area (Å²) in [5.74, 6) is 0.206. The number of hydrogen-bond donors (Lipinski definition) is 1. The number of alkyl halides is 3. The first-order chi connectivity index (χ1) is 19.0. The number of carbonyl (C=O) groups is 1. The van der Waals surface area contributed by atoms with Crippen molar-refractivity contribution in [3.05, 3.63) is 78.9 Å². The highest BCUT2D eigenvalue weighted by Gasteiger charge is 2.33. The Balaban J connectivity index is 1.85. The third kappa shape index (κ3) is 7.52. The normalized spacial score (nSPS) is 11.3. The highest BCUT2D eigenvalue weighted by Crippen LogP contribution is 2.42. The van der Waals surface area contributed by atoms with E-state index in [-0.39, 0.29) is 23.7 Å². The number of hydrogen-bond acceptors (Lipinski definition) is 8. The number of nitrogens with one attached hydrogen (secondary N) is 1. The van der Waals surface area contributed by atoms with E-state index in [0.717, 1.165) is 6.07 Å². The molecule has 1 amide bonds. The van der Waals surface area contributed by atoms with Crippen LogP contribution in [-0.4, -0.2) is 37.4 Å². The molecule has 0 heterocycles. The van der Waals surface area contributed by atoms with Gasteiger partial charge in [0, 0.05) is 11.6 Å². The molecule has 0 atom stereocenters. The summed E-state index contributed by atoms with van der Waals surface area (Å²) in [4.78, 5) is 23.1. The van der Waals surface area contributed by atoms with Crippen molar-refractivity contribution in [2.75, 3.05) is 20.3 Å². The van der Waals surface area contributed by atoms with Crippen molar-refractivity contribution >= 4 is 40.4 Å². The van der Waals surface area contributed by atoms with Crippen LogP contribution in [-0.2, 0) is 6.18 Å². The number of benzene rings is 3. The summed E-state index contributed by atoms with van der Waals surface area (Å²) in [7, 11) is 1.49. The first kappa shape index (κ1) is 30.5. The van der Waals surface area contributed by atoms with Crippen molar-refractivity contribution in [3.8, 4) is 28.7 Å². The van der Waals surface area contributed by atoms with Gasteiger partial charge < -0.3 is 18.9 Å². The number of methoxy groups -OCH3 is 1. The van der Waals surface area contributed by atoms with Crippen LogP contribution in [0.1, 0.15) is 35.3 Å². The van der Waals surface area contributed by atoms with Crippen LogP contribution in [0.25, 0.3) is 0 Å². The van der Waals surface area contributed by atoms with Crippen molar-refractivity contribution in [2.45, 2.75) is 20.0 Å². The fraction of sp³-hybridized carbons (Fsp3) is 0.231. The van der Waals surface area contributed by atoms with Gasteiger partial charge in [-0.15, -0.1) is 0 Å². The molecule has 3 aromatic rings. The number of carbonyl (C=O) groups excluding carboxylic acids is 1. The molecule has 0 aliphatic carbocycles. The minimum absolute atomic E-state index is 0.0631. The summed E-state index contributed by atoms with van der Waals surface area (Å²) in [6.45, 7) is 4.07. The molecule has 0 fully saturated rings. The fourth-order valence-corrected chi connectivity index (χ4v) is 4.11. The van der Waals surface area contributed by atoms with Crippen molar-refractivity contribution in [1.82, 2.24) is 5.43 Å². The second kappa shape index (κ2) is 13.3. The highest BCUT2D eigenvalue weighted by molar-refractivity contribution is 14.1. The van der Waals surface area contributed by atoms with Gasteiger partial charge in [-0.1, -0.05) is 0 Å². The Bertz CT molecular complexity index is 1430. The number of nitro benzene ring substituents is 1. The molecule has 0 aliphatic rings. The van der Waals surface area contributed by atoms with Crippen LogP contribution in [0.4, 0.5) is 18.9 Å². The zero-order valence-corrected chi connectivity index (χ0v) is 23.5. The number of rotatable bonds is 11. The van der Waals surface area contributed by atoms with Gasteiger partial charge in [0.05, 0.1) is 40.6 Å². The molecule has 14 heteroatoms. The molecule has 3 rings (SSSR count). The maximum absolute atomic E-state index is 13.1. The lowest BCUT2D eigenvalue weighted by Gasteiger charge is -2.15. The molecule has 40 heavy (non-hydrogen) atoms. The number of amides is 1. The minimum atomic E-state index is -4.76. The monoisotopic (exact) mass is 673 g/mol. The van der Waals surface area contributed by atoms with Gasteiger partial charge >= 0.3 is 11.9 Å². The van der Waals surface area contributed by atoms with Crippen LogP contribution < -0.4 is 24.4 Å². The van der Waals surface area contributed by atoms with Gasteiger partial charge in [-0.2, -0.15) is 18.3 Å². The SMILES string of the molecule is CCOc1cc(C(=O)N/N=C/c2cc(I)c(Oc3ccc(C(F)(F)F)cc3[N+](=O)[O-])c(OCC)c2)ccc1OC. The smallest absolute Gasteiger partial charge is 0.416 e. The van der Waals surface area contributed by atoms with Crippen LogP contribution in [0.5, 0.6) is 28.7 Å². The van der Waals surface area contributed by atoms with E-state index in [1.54, 1.807) is 32.0 Å². The average molecular weight is 673 g/mol. The van der Waals surface area contributed by atoms with Crippen LogP contribution in [0.15, 0.2) is 53.6 Å². The van der Waals surface area contributed by atoms with E-state index in [0.29, 0.717) is 39.4 Å². The summed E-state index contributed by atoms with van der Waals surface area (Å²) < 4.78 is 61.6. The van der Waals surface area contributed by atoms with Gasteiger partial charge in [0.1, 0.15) is 0 Å². The molecule has 0 radical (unpaired) electrons. The quantitative estimate of drug-likeness (QED) is 0.106. The molecular weight excluding hydrogens is 650 g/mol. The van der Waals surface area contributed by atoms with Crippen LogP contribution in [0.2, 0.25) is 0 Å². The Labute approximate surface area is 240 Å². The van der Waals surface area contributed by atoms with Crippen molar-refractivity contribution in [1.29, 1.82) is 0 Å². The zero-order chi connectivity index (χ0) is 29.4. The van der Waals surface area contributed by atoms with Gasteiger partial charge in [0.25, 0.3) is 5.91 Å². The summed E-state index contributed by atoms with van der Waals surface area (Å²) in [6, 6.07) is 9.75. The van der Waals surface area contributed by atoms with E-state index in [9.17, 15) is 28.1 Å². The van der Waals surface area contributed by atoms with E-state index >= 15 is 0 Å². The van der Waals surface area contributed by atoms with Crippen molar-refractivity contribution < 1.29 is 41.8 Å². The Morgan fingerprint density at radius 2 is 1.70 bits per heavy atom. The molecule has 0 aliphatic heterocycles. The largest absolute Gasteiger partial charge is 0.493 e. The number of nitro groups is 1. The summed E-state index contributed by atoms with van der Waals surface area (Å²) in [6.07, 6.45) is -3.41. The standard InChI is InChI=1S/C26H23F3IN3O7/c1-4-38-22-12-16(6-8-21(22)37-3)25(34)32-31-14-15-10-18(30)24(23(11-15)39-5-2)40-20-9-7-17(26(27,28)29)13-19(20)33(35)36/h6-14H,4-5H2,1-3H3,(H,32,34)/b31-14+. The molecule has 0 bridgehead atoms. The van der Waals surface area contributed by atoms with Crippen LogP contribution in [0.3, 0.4) is 0 Å². The maximum Gasteiger partial charge on any atom is 0.416 e. The average Bonchev–Trinajstić information content (AvgIpc) is 2.90. The third-order valence-corrected chi connectivity index (χ3v) is 5.93. The lowest BCUT2D eigenvalue weighted by atomic mass is 10.1. The van der Waals surface area contributed by atoms with Crippen molar-refractivity contribution in [2.24, 2.45) is 5.10 Å². The van der Waals surface area contributed by atoms with Gasteiger partial charge in [-0.05, 0) is 84.5 Å². The number of nitrogens with zero attached hydrogens (tertiary/aromatic N) is 2. The summed E-state index contributed by atoms with van der Waals surface area (Å²) in [5.41, 5.74) is 1.14. The Morgan fingerprint density at radius 1 is 1.02 bits per heavy atom. The van der Waals surface area contributed by atoms with Gasteiger partial charge in [-0.3, -0.25) is 14.9 Å². The topological polar surface area (TPSA) is 122 Å². The molecule has 0 spiro atoms. The van der Waals surface area contributed by atoms with Crippen LogP contribution in [0, 0.1) is 13.7 Å². The van der Waals surface area contributed by atoms with Crippen molar-refractivity contribution in [3.63, 3.8) is 0 Å². The molecule has 1 N–H and O–H groups in total. The highest BCUT2D eigenvalue weighted by atomic mass is 127. The number of halogens is 4. The zero-order valence-electron chi connectivity index (χ0n) is 21.4. The molecule has 10 nitrogen and oxygen atoms in total. The molecule has 0 unspecified atom stereocenters. The predicted molar refractivity (Wildman–Crippen MR) is 148 cm³/mol. The van der Waals surface area contributed by atoms with E-state index in [1.165, 1.54) is 25.5 Å². The van der Waals surface area contributed by atoms with E-state index in [2.05, 4.69) is 10.5 Å². The second-order valence-corrected chi connectivity index (χ2v) is 8.96. The second-order valence-electron chi connectivity index (χ2n) is 7.80. The first-order valence-corrected chi connectivity index (χ1v) is 12.7. The number of ether oxygens (including phenoxy) is 4. The first-order valence-electron chi connectivity index (χ1n) is 11.6. The van der Waals surface area contributed by atoms with Gasteiger partial charge in [0.2, 0.25) is 5.75 Å². The molecular formula is C26H23F3IN3O7. The minimum Gasteiger partial charge on any atom is -0.493 e. The van der Waals surface area contributed by atoms with E-state index < -0.39 is 34.0 Å². The predicted octanol–water partition coefficient (Wildman–Crippen LogP) is 6.58. The van der Waals surface area contributed by atoms with Crippen LogP contribution >= 0.6 is 22.6 Å². The maximum atomic E-state index is 13.1. The van der Waals surface area contributed by atoms with E-state index in [4.69, 9.17) is 18.9 Å². The Morgan fingerprint density at radius 3 is 2.33 bits per heavy atom. The molecule has 212 valence electrons. The Kier molecular flexibility index (Phi) is 10.1. The molecule has 0 aromatic heterocycles. The summed E-state index contributed by atoms with van der Waals surface area (Å²) >= 11 is 1.89. The lowest BCUT2D eigenvalue weighted by Crippen LogP contribution is -2.17. The Hall–Kier alpha value is -4.08. The van der Waals surface area contributed by atoms with Gasteiger partial charge in [0.15, 0.2) is 23.0 Å². The molecule has 0 saturated carbocycles. The van der Waals surface area contributed by atoms with Gasteiger partial charge in [-0.25, -0.2) is 5.43 Å². The molecule has 3 aromatic carbocycles. The summed E-state index contributed by atoms with van der Waals surface area (Å²) in [5, 5.41) is 15.4. The number of hydrazone groups is 1. The third-order valence-electron chi connectivity index (χ3n) is 5.13. The fourth-order valence-electron chi connectivity index (χ4n) is 3.37. The molecule has 0 saturated heterocycles. The lowest BCUT2D eigenvalue weighted by molar-refractivity contribution is -0.385.